The van der Waals surface area contributed by atoms with Crippen molar-refractivity contribution in [1.82, 2.24) is 14.6 Å². The van der Waals surface area contributed by atoms with E-state index in [0.717, 1.165) is 18.1 Å². The largest absolute Gasteiger partial charge is 0.351 e. The number of hydrogen-bond acceptors (Lipinski definition) is 4. The highest BCUT2D eigenvalue weighted by molar-refractivity contribution is 5.66. The molecule has 1 atom stereocenters. The average molecular weight is 269 g/mol. The molecule has 5 nitrogen and oxygen atoms in total. The first kappa shape index (κ1) is 12.9. The van der Waals surface area contributed by atoms with E-state index in [1.54, 1.807) is 6.20 Å². The van der Waals surface area contributed by atoms with Gasteiger partial charge in [-0.15, -0.1) is 0 Å². The van der Waals surface area contributed by atoms with E-state index in [4.69, 9.17) is 0 Å². The fourth-order valence-corrected chi connectivity index (χ4v) is 3.06. The summed E-state index contributed by atoms with van der Waals surface area (Å²) >= 11 is 0. The molecule has 0 bridgehead atoms. The Kier molecular flexibility index (Phi) is 2.55. The number of rotatable bonds is 0. The summed E-state index contributed by atoms with van der Waals surface area (Å²) in [7, 11) is 0. The first-order valence-corrected chi connectivity index (χ1v) is 6.90. The van der Waals surface area contributed by atoms with Gasteiger partial charge in [-0.2, -0.15) is 14.9 Å². The van der Waals surface area contributed by atoms with Crippen LogP contribution in [0.15, 0.2) is 6.20 Å². The summed E-state index contributed by atoms with van der Waals surface area (Å²) in [5.41, 5.74) is 3.46. The van der Waals surface area contributed by atoms with Gasteiger partial charge in [-0.25, -0.2) is 4.98 Å². The van der Waals surface area contributed by atoms with Gasteiger partial charge in [0.1, 0.15) is 17.5 Å². The van der Waals surface area contributed by atoms with E-state index in [0.29, 0.717) is 17.1 Å². The van der Waals surface area contributed by atoms with E-state index in [-0.39, 0.29) is 5.54 Å². The first-order valence-electron chi connectivity index (χ1n) is 6.90. The molecule has 0 saturated carbocycles. The molecule has 1 aliphatic rings. The van der Waals surface area contributed by atoms with Crippen molar-refractivity contribution in [2.75, 3.05) is 11.4 Å². The topological polar surface area (TPSA) is 57.2 Å². The van der Waals surface area contributed by atoms with Crippen LogP contribution in [0.1, 0.15) is 50.4 Å². The summed E-state index contributed by atoms with van der Waals surface area (Å²) in [5.74, 6) is 1.52. The Hall–Kier alpha value is -2.09. The lowest BCUT2D eigenvalue weighted by Crippen LogP contribution is -2.41. The van der Waals surface area contributed by atoms with Gasteiger partial charge in [0, 0.05) is 29.3 Å². The third-order valence-electron chi connectivity index (χ3n) is 3.98. The predicted molar refractivity (Wildman–Crippen MR) is 78.0 cm³/mol. The minimum Gasteiger partial charge on any atom is -0.351 e. The molecule has 1 aliphatic heterocycles. The molecule has 3 rings (SSSR count). The minimum atomic E-state index is 0.0129. The van der Waals surface area contributed by atoms with Gasteiger partial charge in [0.05, 0.1) is 6.20 Å². The van der Waals surface area contributed by atoms with Gasteiger partial charge in [0.2, 0.25) is 0 Å². The standard InChI is InChI=1S/C15H19N5/c1-9-8-19(15(3,4)5)14-12(9)10(2)18-13-11(6-16)7-17-20(13)14/h7,9H,8H2,1-5H3. The molecule has 1 unspecified atom stereocenters. The lowest BCUT2D eigenvalue weighted by atomic mass is 10.0. The van der Waals surface area contributed by atoms with E-state index in [1.165, 1.54) is 5.56 Å². The van der Waals surface area contributed by atoms with Crippen LogP contribution in [0.3, 0.4) is 0 Å². The molecular formula is C15H19N5. The van der Waals surface area contributed by atoms with Crippen LogP contribution in [0.2, 0.25) is 0 Å². The van der Waals surface area contributed by atoms with E-state index in [2.05, 4.69) is 48.7 Å². The second kappa shape index (κ2) is 3.95. The third kappa shape index (κ3) is 1.61. The fraction of sp³-hybridized carbons (Fsp3) is 0.533. The van der Waals surface area contributed by atoms with Crippen LogP contribution in [-0.2, 0) is 0 Å². The molecule has 0 spiro atoms. The van der Waals surface area contributed by atoms with Crippen LogP contribution < -0.4 is 4.90 Å². The van der Waals surface area contributed by atoms with Crippen LogP contribution in [-0.4, -0.2) is 26.7 Å². The van der Waals surface area contributed by atoms with Crippen molar-refractivity contribution in [3.05, 3.63) is 23.0 Å². The number of anilines is 1. The van der Waals surface area contributed by atoms with Crippen LogP contribution in [0.5, 0.6) is 0 Å². The average Bonchev–Trinajstić information content (AvgIpc) is 2.90. The van der Waals surface area contributed by atoms with E-state index in [9.17, 15) is 5.26 Å². The Morgan fingerprint density at radius 2 is 2.10 bits per heavy atom. The number of fused-ring (bicyclic) bond motifs is 3. The van der Waals surface area contributed by atoms with Gasteiger partial charge in [-0.3, -0.25) is 0 Å². The maximum Gasteiger partial charge on any atom is 0.175 e. The zero-order valence-corrected chi connectivity index (χ0v) is 12.6. The molecule has 0 aliphatic carbocycles. The second-order valence-corrected chi connectivity index (χ2v) is 6.52. The molecule has 2 aromatic heterocycles. The number of nitriles is 1. The summed E-state index contributed by atoms with van der Waals surface area (Å²) in [6, 6.07) is 2.17. The maximum atomic E-state index is 9.18. The van der Waals surface area contributed by atoms with Crippen LogP contribution in [0.4, 0.5) is 5.82 Å². The zero-order valence-electron chi connectivity index (χ0n) is 12.6. The van der Waals surface area contributed by atoms with Crippen molar-refractivity contribution < 1.29 is 0 Å². The minimum absolute atomic E-state index is 0.0129. The molecule has 0 saturated heterocycles. The first-order chi connectivity index (χ1) is 9.34. The molecule has 0 N–H and O–H groups in total. The van der Waals surface area contributed by atoms with Crippen LogP contribution in [0.25, 0.3) is 5.65 Å². The Balaban J connectivity index is 2.38. The zero-order chi connectivity index (χ0) is 14.7. The SMILES string of the molecule is Cc1nc2c(C#N)cnn2c2c1C(C)CN2C(C)(C)C. The van der Waals surface area contributed by atoms with E-state index >= 15 is 0 Å². The van der Waals surface area contributed by atoms with E-state index < -0.39 is 0 Å². The normalized spacial score (nSPS) is 18.4. The van der Waals surface area contributed by atoms with Gasteiger partial charge in [0.15, 0.2) is 5.65 Å². The van der Waals surface area contributed by atoms with Gasteiger partial charge < -0.3 is 4.90 Å². The quantitative estimate of drug-likeness (QED) is 0.737. The van der Waals surface area contributed by atoms with Crippen molar-refractivity contribution in [3.8, 4) is 6.07 Å². The van der Waals surface area contributed by atoms with Crippen LogP contribution in [0, 0.1) is 18.3 Å². The molecule has 104 valence electrons. The number of hydrogen-bond donors (Lipinski definition) is 0. The Morgan fingerprint density at radius 1 is 1.40 bits per heavy atom. The fourth-order valence-electron chi connectivity index (χ4n) is 3.06. The highest BCUT2D eigenvalue weighted by Crippen LogP contribution is 2.41. The van der Waals surface area contributed by atoms with Gasteiger partial charge in [-0.1, -0.05) is 6.92 Å². The molecule has 0 radical (unpaired) electrons. The van der Waals surface area contributed by atoms with Crippen molar-refractivity contribution in [2.24, 2.45) is 0 Å². The summed E-state index contributed by atoms with van der Waals surface area (Å²) in [4.78, 5) is 6.96. The van der Waals surface area contributed by atoms with Crippen molar-refractivity contribution in [3.63, 3.8) is 0 Å². The van der Waals surface area contributed by atoms with Crippen LogP contribution >= 0.6 is 0 Å². The predicted octanol–water partition coefficient (Wildman–Crippen LogP) is 2.63. The van der Waals surface area contributed by atoms with E-state index in [1.807, 2.05) is 11.4 Å². The number of nitrogens with zero attached hydrogens (tertiary/aromatic N) is 5. The summed E-state index contributed by atoms with van der Waals surface area (Å²) in [6.07, 6.45) is 1.60. The second-order valence-electron chi connectivity index (χ2n) is 6.52. The lowest BCUT2D eigenvalue weighted by molar-refractivity contribution is 0.500. The Morgan fingerprint density at radius 3 is 2.70 bits per heavy atom. The number of aryl methyl sites for hydroxylation is 1. The molecule has 3 heterocycles. The highest BCUT2D eigenvalue weighted by atomic mass is 15.4. The summed E-state index contributed by atoms with van der Waals surface area (Å²) in [6.45, 7) is 11.8. The van der Waals surface area contributed by atoms with Gasteiger partial charge >= 0.3 is 0 Å². The molecule has 0 amide bonds. The highest BCUT2D eigenvalue weighted by Gasteiger charge is 2.37. The van der Waals surface area contributed by atoms with Crippen molar-refractivity contribution in [1.29, 1.82) is 5.26 Å². The Bertz CT molecular complexity index is 729. The summed E-state index contributed by atoms with van der Waals surface area (Å²) < 4.78 is 1.83. The lowest BCUT2D eigenvalue weighted by Gasteiger charge is -2.34. The van der Waals surface area contributed by atoms with Gasteiger partial charge in [0.25, 0.3) is 0 Å². The van der Waals surface area contributed by atoms with Crippen molar-refractivity contribution >= 4 is 11.5 Å². The third-order valence-corrected chi connectivity index (χ3v) is 3.98. The molecular weight excluding hydrogens is 250 g/mol. The molecule has 0 aromatic carbocycles. The monoisotopic (exact) mass is 269 g/mol. The molecule has 5 heteroatoms. The molecule has 2 aromatic rings. The van der Waals surface area contributed by atoms with Gasteiger partial charge in [-0.05, 0) is 27.7 Å². The Labute approximate surface area is 118 Å². The molecule has 20 heavy (non-hydrogen) atoms. The number of aromatic nitrogens is 3. The maximum absolute atomic E-state index is 9.18. The summed E-state index contributed by atoms with van der Waals surface area (Å²) in [5, 5.41) is 13.6. The van der Waals surface area contributed by atoms with Crippen molar-refractivity contribution in [2.45, 2.75) is 46.1 Å². The smallest absolute Gasteiger partial charge is 0.175 e. The molecule has 0 fully saturated rings.